The van der Waals surface area contributed by atoms with E-state index in [0.29, 0.717) is 0 Å². The van der Waals surface area contributed by atoms with Crippen molar-refractivity contribution in [1.29, 1.82) is 0 Å². The predicted octanol–water partition coefficient (Wildman–Crippen LogP) is 2.58. The number of rotatable bonds is 5. The van der Waals surface area contributed by atoms with E-state index in [1.165, 1.54) is 25.7 Å². The molecule has 0 bridgehead atoms. The van der Waals surface area contributed by atoms with Crippen molar-refractivity contribution in [1.82, 2.24) is 9.55 Å². The van der Waals surface area contributed by atoms with Crippen LogP contribution in [0, 0.1) is 24.7 Å². The normalized spacial score (nSPS) is 20.4. The summed E-state index contributed by atoms with van der Waals surface area (Å²) < 4.78 is 2.09. The molecule has 3 nitrogen and oxygen atoms in total. The quantitative estimate of drug-likeness (QED) is 0.825. The van der Waals surface area contributed by atoms with Crippen molar-refractivity contribution in [3.63, 3.8) is 0 Å². The van der Waals surface area contributed by atoms with E-state index in [-0.39, 0.29) is 0 Å². The van der Waals surface area contributed by atoms with Gasteiger partial charge in [-0.1, -0.05) is 0 Å². The molecule has 2 saturated carbocycles. The van der Waals surface area contributed by atoms with Crippen LogP contribution in [0.3, 0.4) is 0 Å². The van der Waals surface area contributed by atoms with Gasteiger partial charge in [0.15, 0.2) is 0 Å². The Hall–Kier alpha value is -0.990. The highest BCUT2D eigenvalue weighted by molar-refractivity contribution is 5.28. The summed E-state index contributed by atoms with van der Waals surface area (Å²) in [5, 5.41) is 3.53. The smallest absolute Gasteiger partial charge is 0.202 e. The van der Waals surface area contributed by atoms with Crippen molar-refractivity contribution in [3.05, 3.63) is 11.9 Å². The Labute approximate surface area is 97.3 Å². The summed E-state index contributed by atoms with van der Waals surface area (Å²) >= 11 is 0. The van der Waals surface area contributed by atoms with Gasteiger partial charge in [-0.15, -0.1) is 0 Å². The average molecular weight is 219 g/mol. The van der Waals surface area contributed by atoms with E-state index >= 15 is 0 Å². The van der Waals surface area contributed by atoms with Crippen LogP contribution in [0.15, 0.2) is 6.20 Å². The van der Waals surface area contributed by atoms with E-state index in [2.05, 4.69) is 28.1 Å². The third-order valence-corrected chi connectivity index (χ3v) is 3.95. The lowest BCUT2D eigenvalue weighted by Crippen LogP contribution is -2.19. The van der Waals surface area contributed by atoms with Crippen molar-refractivity contribution in [3.8, 4) is 0 Å². The second kappa shape index (κ2) is 3.79. The molecule has 2 fully saturated rings. The summed E-state index contributed by atoms with van der Waals surface area (Å²) in [5.41, 5.74) is 1.10. The van der Waals surface area contributed by atoms with Crippen molar-refractivity contribution in [2.24, 2.45) is 24.8 Å². The molecular formula is C13H21N3. The van der Waals surface area contributed by atoms with Gasteiger partial charge in [0, 0.05) is 19.8 Å². The van der Waals surface area contributed by atoms with Crippen LogP contribution < -0.4 is 5.32 Å². The fourth-order valence-electron chi connectivity index (χ4n) is 2.76. The van der Waals surface area contributed by atoms with Crippen molar-refractivity contribution in [2.45, 2.75) is 32.6 Å². The number of hydrogen-bond acceptors (Lipinski definition) is 2. The van der Waals surface area contributed by atoms with E-state index in [1.54, 1.807) is 0 Å². The predicted molar refractivity (Wildman–Crippen MR) is 65.4 cm³/mol. The van der Waals surface area contributed by atoms with Gasteiger partial charge < -0.3 is 9.88 Å². The molecule has 3 rings (SSSR count). The first-order chi connectivity index (χ1) is 7.74. The summed E-state index contributed by atoms with van der Waals surface area (Å²) in [7, 11) is 2.06. The molecule has 0 aliphatic heterocycles. The standard InChI is InChI=1S/C13H21N3/c1-9-8-16(2)13(15-9)14-7-12(10-3-4-10)11-5-6-11/h8,10-12H,3-7H2,1-2H3,(H,14,15). The molecule has 0 radical (unpaired) electrons. The average Bonchev–Trinajstić information content (AvgIpc) is 3.11. The summed E-state index contributed by atoms with van der Waals surface area (Å²) in [5.74, 6) is 3.98. The van der Waals surface area contributed by atoms with Crippen molar-refractivity contribution < 1.29 is 0 Å². The minimum Gasteiger partial charge on any atom is -0.355 e. The Morgan fingerprint density at radius 2 is 2.00 bits per heavy atom. The number of aryl methyl sites for hydroxylation is 2. The molecule has 0 spiro atoms. The second-order valence-electron chi connectivity index (χ2n) is 5.54. The molecule has 1 heterocycles. The number of nitrogens with zero attached hydrogens (tertiary/aromatic N) is 2. The van der Waals surface area contributed by atoms with Gasteiger partial charge >= 0.3 is 0 Å². The minimum absolute atomic E-state index is 0.914. The maximum absolute atomic E-state index is 4.49. The van der Waals surface area contributed by atoms with Crippen molar-refractivity contribution >= 4 is 5.95 Å². The molecule has 16 heavy (non-hydrogen) atoms. The molecule has 2 aliphatic rings. The van der Waals surface area contributed by atoms with Crippen molar-refractivity contribution in [2.75, 3.05) is 11.9 Å². The van der Waals surface area contributed by atoms with Crippen LogP contribution in [0.5, 0.6) is 0 Å². The largest absolute Gasteiger partial charge is 0.355 e. The molecule has 0 saturated heterocycles. The molecule has 1 aromatic rings. The summed E-state index contributed by atoms with van der Waals surface area (Å²) in [4.78, 5) is 4.49. The first-order valence-electron chi connectivity index (χ1n) is 6.48. The van der Waals surface area contributed by atoms with Crippen LogP contribution in [0.2, 0.25) is 0 Å². The highest BCUT2D eigenvalue weighted by atomic mass is 15.2. The van der Waals surface area contributed by atoms with Crippen LogP contribution >= 0.6 is 0 Å². The van der Waals surface area contributed by atoms with Gasteiger partial charge in [-0.2, -0.15) is 0 Å². The fraction of sp³-hybridized carbons (Fsp3) is 0.769. The summed E-state index contributed by atoms with van der Waals surface area (Å²) in [6, 6.07) is 0. The zero-order valence-electron chi connectivity index (χ0n) is 10.2. The molecule has 0 unspecified atom stereocenters. The van der Waals surface area contributed by atoms with Gasteiger partial charge in [-0.05, 0) is 50.4 Å². The van der Waals surface area contributed by atoms with Gasteiger partial charge in [0.05, 0.1) is 5.69 Å². The van der Waals surface area contributed by atoms with Crippen LogP contribution in [0.25, 0.3) is 0 Å². The van der Waals surface area contributed by atoms with E-state index < -0.39 is 0 Å². The molecule has 1 N–H and O–H groups in total. The molecule has 0 atom stereocenters. The Bertz CT molecular complexity index is 363. The third kappa shape index (κ3) is 2.08. The summed E-state index contributed by atoms with van der Waals surface area (Å²) in [6.07, 6.45) is 7.92. The zero-order valence-corrected chi connectivity index (χ0v) is 10.2. The molecule has 3 heteroatoms. The van der Waals surface area contributed by atoms with Gasteiger partial charge in [0.25, 0.3) is 0 Å². The first-order valence-corrected chi connectivity index (χ1v) is 6.48. The molecule has 88 valence electrons. The fourth-order valence-corrected chi connectivity index (χ4v) is 2.76. The molecular weight excluding hydrogens is 198 g/mol. The lowest BCUT2D eigenvalue weighted by Gasteiger charge is -2.16. The Balaban J connectivity index is 1.60. The number of imidazole rings is 1. The van der Waals surface area contributed by atoms with Crippen LogP contribution in [-0.4, -0.2) is 16.1 Å². The molecule has 2 aliphatic carbocycles. The zero-order chi connectivity index (χ0) is 11.1. The van der Waals surface area contributed by atoms with Gasteiger partial charge in [-0.3, -0.25) is 0 Å². The number of hydrogen-bond donors (Lipinski definition) is 1. The first kappa shape index (κ1) is 10.2. The monoisotopic (exact) mass is 219 g/mol. The van der Waals surface area contributed by atoms with Crippen LogP contribution in [0.1, 0.15) is 31.4 Å². The number of aromatic nitrogens is 2. The minimum atomic E-state index is 0.914. The van der Waals surface area contributed by atoms with Gasteiger partial charge in [0.1, 0.15) is 0 Å². The van der Waals surface area contributed by atoms with Crippen LogP contribution in [0.4, 0.5) is 5.95 Å². The topological polar surface area (TPSA) is 29.9 Å². The summed E-state index contributed by atoms with van der Waals surface area (Å²) in [6.45, 7) is 3.17. The van der Waals surface area contributed by atoms with E-state index in [4.69, 9.17) is 0 Å². The number of anilines is 1. The van der Waals surface area contributed by atoms with E-state index in [1.807, 2.05) is 6.92 Å². The Morgan fingerprint density at radius 3 is 2.44 bits per heavy atom. The number of nitrogens with one attached hydrogen (secondary N) is 1. The van der Waals surface area contributed by atoms with E-state index in [0.717, 1.165) is 35.9 Å². The van der Waals surface area contributed by atoms with Gasteiger partial charge in [0.2, 0.25) is 5.95 Å². The highest BCUT2D eigenvalue weighted by Crippen LogP contribution is 2.49. The SMILES string of the molecule is Cc1cn(C)c(NCC(C2CC2)C2CC2)n1. The maximum atomic E-state index is 4.49. The maximum Gasteiger partial charge on any atom is 0.202 e. The Kier molecular flexibility index (Phi) is 2.41. The van der Waals surface area contributed by atoms with Crippen LogP contribution in [-0.2, 0) is 7.05 Å². The molecule has 1 aromatic heterocycles. The van der Waals surface area contributed by atoms with Gasteiger partial charge in [-0.25, -0.2) is 4.98 Å². The third-order valence-electron chi connectivity index (χ3n) is 3.95. The Morgan fingerprint density at radius 1 is 1.38 bits per heavy atom. The lowest BCUT2D eigenvalue weighted by atomic mass is 9.98. The second-order valence-corrected chi connectivity index (χ2v) is 5.54. The highest BCUT2D eigenvalue weighted by Gasteiger charge is 2.41. The molecule has 0 amide bonds. The van der Waals surface area contributed by atoms with E-state index in [9.17, 15) is 0 Å². The lowest BCUT2D eigenvalue weighted by molar-refractivity contribution is 0.427. The molecule has 0 aromatic carbocycles.